The van der Waals surface area contributed by atoms with Gasteiger partial charge in [0.1, 0.15) is 0 Å². The van der Waals surface area contributed by atoms with E-state index in [0.717, 1.165) is 17.0 Å². The first kappa shape index (κ1) is 18.7. The molecular formula is C19H25N3O3. The first-order valence-electron chi connectivity index (χ1n) is 8.28. The Hall–Kier alpha value is -2.63. The number of nitrogens with zero attached hydrogens (tertiary/aromatic N) is 2. The Bertz CT molecular complexity index is 780. The lowest BCUT2D eigenvalue weighted by Gasteiger charge is -2.16. The molecule has 2 aromatic rings. The van der Waals surface area contributed by atoms with Gasteiger partial charge in [-0.05, 0) is 44.4 Å². The topological polar surface area (TPSA) is 73.2 Å². The molecule has 134 valence electrons. The van der Waals surface area contributed by atoms with Crippen LogP contribution in [0.5, 0.6) is 0 Å². The fourth-order valence-electron chi connectivity index (χ4n) is 2.90. The Morgan fingerprint density at radius 2 is 1.96 bits per heavy atom. The highest BCUT2D eigenvalue weighted by atomic mass is 16.5. The van der Waals surface area contributed by atoms with Crippen molar-refractivity contribution in [2.75, 3.05) is 7.11 Å². The van der Waals surface area contributed by atoms with Gasteiger partial charge in [-0.2, -0.15) is 5.10 Å². The fraction of sp³-hybridized carbons (Fsp3) is 0.421. The number of aryl methyl sites for hydroxylation is 2. The van der Waals surface area contributed by atoms with Crippen molar-refractivity contribution < 1.29 is 14.3 Å². The Morgan fingerprint density at radius 3 is 2.56 bits per heavy atom. The van der Waals surface area contributed by atoms with E-state index in [1.165, 1.54) is 7.11 Å². The van der Waals surface area contributed by atoms with Crippen LogP contribution in [0.2, 0.25) is 0 Å². The summed E-state index contributed by atoms with van der Waals surface area (Å²) in [4.78, 5) is 24.2. The van der Waals surface area contributed by atoms with E-state index in [1.54, 1.807) is 24.3 Å². The number of benzene rings is 1. The quantitative estimate of drug-likeness (QED) is 0.816. The van der Waals surface area contributed by atoms with Crippen molar-refractivity contribution in [3.8, 4) is 0 Å². The average Bonchev–Trinajstić information content (AvgIpc) is 2.81. The molecule has 0 fully saturated rings. The van der Waals surface area contributed by atoms with Gasteiger partial charge in [-0.1, -0.05) is 18.2 Å². The monoisotopic (exact) mass is 343 g/mol. The van der Waals surface area contributed by atoms with Crippen molar-refractivity contribution in [3.63, 3.8) is 0 Å². The molecule has 6 nitrogen and oxygen atoms in total. The van der Waals surface area contributed by atoms with Crippen molar-refractivity contribution in [1.82, 2.24) is 15.1 Å². The SMILES string of the molecule is COC(=O)Cc1ccccc1C(=O)N[C@@H](C)Cc1c(C)nn(C)c1C. The van der Waals surface area contributed by atoms with E-state index in [4.69, 9.17) is 4.74 Å². The van der Waals surface area contributed by atoms with E-state index >= 15 is 0 Å². The molecule has 0 aliphatic carbocycles. The lowest BCUT2D eigenvalue weighted by Crippen LogP contribution is -2.35. The lowest BCUT2D eigenvalue weighted by molar-refractivity contribution is -0.139. The number of rotatable bonds is 6. The van der Waals surface area contributed by atoms with Crippen molar-refractivity contribution >= 4 is 11.9 Å². The first-order valence-corrected chi connectivity index (χ1v) is 8.28. The summed E-state index contributed by atoms with van der Waals surface area (Å²) in [5, 5.41) is 7.42. The van der Waals surface area contributed by atoms with Crippen LogP contribution in [0.1, 0.15) is 39.8 Å². The van der Waals surface area contributed by atoms with E-state index in [1.807, 2.05) is 32.5 Å². The number of esters is 1. The Kier molecular flexibility index (Phi) is 5.96. The lowest BCUT2D eigenvalue weighted by atomic mass is 10.0. The van der Waals surface area contributed by atoms with Gasteiger partial charge in [-0.3, -0.25) is 14.3 Å². The molecule has 0 radical (unpaired) electrons. The zero-order valence-electron chi connectivity index (χ0n) is 15.4. The maximum absolute atomic E-state index is 12.6. The summed E-state index contributed by atoms with van der Waals surface area (Å²) in [7, 11) is 3.25. The molecule has 1 aromatic carbocycles. The number of aromatic nitrogens is 2. The van der Waals surface area contributed by atoms with Crippen LogP contribution in [0, 0.1) is 13.8 Å². The summed E-state index contributed by atoms with van der Waals surface area (Å²) in [6, 6.07) is 7.03. The molecule has 0 unspecified atom stereocenters. The molecule has 1 heterocycles. The molecule has 1 amide bonds. The number of amides is 1. The van der Waals surface area contributed by atoms with Crippen LogP contribution in [0.15, 0.2) is 24.3 Å². The van der Waals surface area contributed by atoms with Gasteiger partial charge in [0, 0.05) is 24.3 Å². The van der Waals surface area contributed by atoms with Crippen LogP contribution >= 0.6 is 0 Å². The summed E-state index contributed by atoms with van der Waals surface area (Å²) in [6.45, 7) is 5.96. The molecule has 0 spiro atoms. The van der Waals surface area contributed by atoms with Crippen LogP contribution in [-0.2, 0) is 29.4 Å². The predicted octanol–water partition coefficient (Wildman–Crippen LogP) is 2.11. The average molecular weight is 343 g/mol. The van der Waals surface area contributed by atoms with Crippen LogP contribution in [-0.4, -0.2) is 34.8 Å². The van der Waals surface area contributed by atoms with E-state index in [9.17, 15) is 9.59 Å². The number of nitrogens with one attached hydrogen (secondary N) is 1. The second-order valence-electron chi connectivity index (χ2n) is 6.26. The summed E-state index contributed by atoms with van der Waals surface area (Å²) in [6.07, 6.45) is 0.783. The molecule has 1 atom stereocenters. The second-order valence-corrected chi connectivity index (χ2v) is 6.26. The molecule has 6 heteroatoms. The zero-order valence-corrected chi connectivity index (χ0v) is 15.4. The number of ether oxygens (including phenoxy) is 1. The van der Waals surface area contributed by atoms with Crippen LogP contribution < -0.4 is 5.32 Å². The number of hydrogen-bond acceptors (Lipinski definition) is 4. The first-order chi connectivity index (χ1) is 11.8. The van der Waals surface area contributed by atoms with E-state index < -0.39 is 0 Å². The van der Waals surface area contributed by atoms with Crippen molar-refractivity contribution in [3.05, 3.63) is 52.3 Å². The van der Waals surface area contributed by atoms with E-state index in [-0.39, 0.29) is 24.3 Å². The molecular weight excluding hydrogens is 318 g/mol. The Morgan fingerprint density at radius 1 is 1.28 bits per heavy atom. The van der Waals surface area contributed by atoms with Gasteiger partial charge in [-0.15, -0.1) is 0 Å². The molecule has 1 aromatic heterocycles. The van der Waals surface area contributed by atoms with Gasteiger partial charge in [-0.25, -0.2) is 0 Å². The van der Waals surface area contributed by atoms with Gasteiger partial charge >= 0.3 is 5.97 Å². The number of carbonyl (C=O) groups is 2. The number of carbonyl (C=O) groups excluding carboxylic acids is 2. The Labute approximate surface area is 148 Å². The van der Waals surface area contributed by atoms with E-state index in [2.05, 4.69) is 10.4 Å². The zero-order chi connectivity index (χ0) is 18.6. The second kappa shape index (κ2) is 7.96. The summed E-state index contributed by atoms with van der Waals surface area (Å²) in [5.41, 5.74) is 4.39. The minimum atomic E-state index is -0.366. The third-order valence-corrected chi connectivity index (χ3v) is 4.37. The minimum absolute atomic E-state index is 0.0553. The smallest absolute Gasteiger partial charge is 0.310 e. The fourth-order valence-corrected chi connectivity index (χ4v) is 2.90. The molecule has 0 bridgehead atoms. The summed E-state index contributed by atoms with van der Waals surface area (Å²) in [5.74, 6) is -0.555. The minimum Gasteiger partial charge on any atom is -0.469 e. The summed E-state index contributed by atoms with van der Waals surface area (Å²) >= 11 is 0. The van der Waals surface area contributed by atoms with Crippen molar-refractivity contribution in [2.24, 2.45) is 7.05 Å². The highest BCUT2D eigenvalue weighted by Crippen LogP contribution is 2.15. The summed E-state index contributed by atoms with van der Waals surface area (Å²) < 4.78 is 6.55. The third kappa shape index (κ3) is 4.47. The molecule has 0 saturated heterocycles. The van der Waals surface area contributed by atoms with Crippen molar-refractivity contribution in [1.29, 1.82) is 0 Å². The highest BCUT2D eigenvalue weighted by molar-refractivity contribution is 5.96. The van der Waals surface area contributed by atoms with Crippen molar-refractivity contribution in [2.45, 2.75) is 39.7 Å². The van der Waals surface area contributed by atoms with Crippen LogP contribution in [0.3, 0.4) is 0 Å². The third-order valence-electron chi connectivity index (χ3n) is 4.37. The maximum Gasteiger partial charge on any atom is 0.310 e. The van der Waals surface area contributed by atoms with Gasteiger partial charge in [0.15, 0.2) is 0 Å². The van der Waals surface area contributed by atoms with Gasteiger partial charge in [0.05, 0.1) is 19.2 Å². The maximum atomic E-state index is 12.6. The molecule has 25 heavy (non-hydrogen) atoms. The molecule has 0 aliphatic heterocycles. The Balaban J connectivity index is 2.10. The molecule has 2 rings (SSSR count). The molecule has 1 N–H and O–H groups in total. The van der Waals surface area contributed by atoms with E-state index in [0.29, 0.717) is 17.5 Å². The largest absolute Gasteiger partial charge is 0.469 e. The van der Waals surface area contributed by atoms with Gasteiger partial charge in [0.25, 0.3) is 5.91 Å². The van der Waals surface area contributed by atoms with Gasteiger partial charge < -0.3 is 10.1 Å². The standard InChI is InChI=1S/C19H25N3O3/c1-12(10-17-13(2)21-22(4)14(17)3)20-19(24)16-9-7-6-8-15(16)11-18(23)25-5/h6-9,12H,10-11H2,1-5H3,(H,20,24)/t12-/m0/s1. The normalized spacial score (nSPS) is 11.9. The molecule has 0 saturated carbocycles. The highest BCUT2D eigenvalue weighted by Gasteiger charge is 2.18. The number of hydrogen-bond donors (Lipinski definition) is 1. The van der Waals surface area contributed by atoms with Gasteiger partial charge in [0.2, 0.25) is 0 Å². The predicted molar refractivity (Wildman–Crippen MR) is 95.5 cm³/mol. The molecule has 0 aliphatic rings. The number of methoxy groups -OCH3 is 1. The van der Waals surface area contributed by atoms with Crippen LogP contribution in [0.4, 0.5) is 0 Å². The van der Waals surface area contributed by atoms with Crippen LogP contribution in [0.25, 0.3) is 0 Å².